The van der Waals surface area contributed by atoms with Crippen LogP contribution in [-0.2, 0) is 0 Å². The Morgan fingerprint density at radius 2 is 1.79 bits per heavy atom. The van der Waals surface area contributed by atoms with Gasteiger partial charge in [-0.15, -0.1) is 0 Å². The molecule has 0 heterocycles. The first-order valence-corrected chi connectivity index (χ1v) is 4.12. The second-order valence-corrected chi connectivity index (χ2v) is 3.59. The average molecular weight is 210 g/mol. The van der Waals surface area contributed by atoms with Gasteiger partial charge in [0.25, 0.3) is 0 Å². The summed E-state index contributed by atoms with van der Waals surface area (Å²) in [6.45, 7) is -0.408. The molecule has 7 heteroatoms. The summed E-state index contributed by atoms with van der Waals surface area (Å²) in [7, 11) is 0. The monoisotopic (exact) mass is 210 g/mol. The molecule has 0 aromatic rings. The van der Waals surface area contributed by atoms with Gasteiger partial charge in [-0.25, -0.2) is 0 Å². The summed E-state index contributed by atoms with van der Waals surface area (Å²) < 4.78 is 0. The molecule has 0 radical (unpaired) electrons. The van der Waals surface area contributed by atoms with Crippen LogP contribution in [0.25, 0.3) is 0 Å². The van der Waals surface area contributed by atoms with E-state index in [-0.39, 0.29) is 0 Å². The van der Waals surface area contributed by atoms with Crippen LogP contribution in [-0.4, -0.2) is 62.8 Å². The Kier molecular flexibility index (Phi) is 4.89. The van der Waals surface area contributed by atoms with E-state index in [9.17, 15) is 5.11 Å². The van der Waals surface area contributed by atoms with Crippen molar-refractivity contribution in [1.29, 1.82) is 0 Å². The number of rotatable bonds is 6. The lowest BCUT2D eigenvalue weighted by Crippen LogP contribution is -2.60. The zero-order valence-electron chi connectivity index (χ0n) is 8.01. The lowest BCUT2D eigenvalue weighted by Gasteiger charge is -2.31. The fourth-order valence-electron chi connectivity index (χ4n) is 0.636. The largest absolute Gasteiger partial charge is 0.394 e. The van der Waals surface area contributed by atoms with Crippen LogP contribution in [0.5, 0.6) is 0 Å². The van der Waals surface area contributed by atoms with Gasteiger partial charge < -0.3 is 31.3 Å². The van der Waals surface area contributed by atoms with Gasteiger partial charge in [0.1, 0.15) is 6.23 Å². The van der Waals surface area contributed by atoms with Crippen LogP contribution in [0, 0.1) is 0 Å². The van der Waals surface area contributed by atoms with Crippen LogP contribution < -0.4 is 11.1 Å². The molecule has 0 bridgehead atoms. The molecule has 0 saturated heterocycles. The van der Waals surface area contributed by atoms with Crippen molar-refractivity contribution in [3.05, 3.63) is 0 Å². The van der Waals surface area contributed by atoms with Crippen LogP contribution in [0.2, 0.25) is 0 Å². The molecular formula is C7H18N2O5. The average Bonchev–Trinajstić information content (AvgIpc) is 2.14. The first-order chi connectivity index (χ1) is 6.25. The number of hydrogen-bond acceptors (Lipinski definition) is 7. The van der Waals surface area contributed by atoms with Crippen molar-refractivity contribution in [2.45, 2.75) is 24.5 Å². The van der Waals surface area contributed by atoms with E-state index in [0.717, 1.165) is 0 Å². The number of nitrogens with two attached hydrogens (primary N) is 1. The van der Waals surface area contributed by atoms with Gasteiger partial charge in [-0.2, -0.15) is 0 Å². The van der Waals surface area contributed by atoms with Crippen molar-refractivity contribution >= 4 is 0 Å². The van der Waals surface area contributed by atoms with E-state index in [1.807, 2.05) is 0 Å². The van der Waals surface area contributed by atoms with E-state index < -0.39 is 37.3 Å². The van der Waals surface area contributed by atoms with E-state index in [0.29, 0.717) is 0 Å². The topological polar surface area (TPSA) is 139 Å². The van der Waals surface area contributed by atoms with Crippen molar-refractivity contribution in [2.24, 2.45) is 5.73 Å². The lowest BCUT2D eigenvalue weighted by atomic mass is 10.0. The SMILES string of the molecule is CC(N)(CO)C(O)NCC(O)(O)CO. The Labute approximate surface area is 81.8 Å². The van der Waals surface area contributed by atoms with Crippen LogP contribution in [0.3, 0.4) is 0 Å². The lowest BCUT2D eigenvalue weighted by molar-refractivity contribution is -0.187. The minimum Gasteiger partial charge on any atom is -0.394 e. The highest BCUT2D eigenvalue weighted by molar-refractivity contribution is 4.85. The van der Waals surface area contributed by atoms with Gasteiger partial charge in [-0.3, -0.25) is 5.32 Å². The fourth-order valence-corrected chi connectivity index (χ4v) is 0.636. The molecule has 0 amide bonds. The van der Waals surface area contributed by atoms with Crippen molar-refractivity contribution in [1.82, 2.24) is 5.32 Å². The molecule has 7 nitrogen and oxygen atoms in total. The minimum atomic E-state index is -2.31. The smallest absolute Gasteiger partial charge is 0.199 e. The van der Waals surface area contributed by atoms with Crippen molar-refractivity contribution < 1.29 is 25.5 Å². The van der Waals surface area contributed by atoms with Gasteiger partial charge in [0, 0.05) is 0 Å². The highest BCUT2D eigenvalue weighted by Gasteiger charge is 2.30. The number of aliphatic hydroxyl groups is 5. The van der Waals surface area contributed by atoms with Gasteiger partial charge in [0.2, 0.25) is 0 Å². The summed E-state index contributed by atoms with van der Waals surface area (Å²) in [6.07, 6.45) is -1.31. The molecule has 0 fully saturated rings. The third-order valence-electron chi connectivity index (χ3n) is 1.80. The Balaban J connectivity index is 4.02. The highest BCUT2D eigenvalue weighted by Crippen LogP contribution is 2.03. The van der Waals surface area contributed by atoms with Gasteiger partial charge in [-0.05, 0) is 6.92 Å². The Hall–Kier alpha value is -0.280. The molecule has 0 aliphatic carbocycles. The minimum absolute atomic E-state index is 0.461. The number of nitrogens with one attached hydrogen (secondary N) is 1. The third-order valence-corrected chi connectivity index (χ3v) is 1.80. The van der Waals surface area contributed by atoms with Crippen molar-refractivity contribution in [3.63, 3.8) is 0 Å². The summed E-state index contributed by atoms with van der Waals surface area (Å²) in [5.41, 5.74) is 4.16. The van der Waals surface area contributed by atoms with E-state index in [4.69, 9.17) is 26.2 Å². The molecule has 0 rings (SSSR count). The van der Waals surface area contributed by atoms with E-state index >= 15 is 0 Å². The van der Waals surface area contributed by atoms with Crippen LogP contribution in [0.1, 0.15) is 6.92 Å². The molecule has 0 spiro atoms. The van der Waals surface area contributed by atoms with Gasteiger partial charge in [-0.1, -0.05) is 0 Å². The van der Waals surface area contributed by atoms with E-state index in [1.54, 1.807) is 0 Å². The summed E-state index contributed by atoms with van der Waals surface area (Å²) in [5, 5.41) is 46.7. The Bertz CT molecular complexity index is 173. The van der Waals surface area contributed by atoms with E-state index in [2.05, 4.69) is 5.32 Å². The van der Waals surface area contributed by atoms with Crippen LogP contribution >= 0.6 is 0 Å². The number of aliphatic hydroxyl groups excluding tert-OH is 3. The maximum absolute atomic E-state index is 9.34. The quantitative estimate of drug-likeness (QED) is 0.224. The fraction of sp³-hybridized carbons (Fsp3) is 1.00. The molecule has 0 aromatic carbocycles. The standard InChI is InChI=1S/C7H18N2O5/c1-6(8,3-10)5(12)9-2-7(13,14)4-11/h5,9-14H,2-4,8H2,1H3. The molecule has 8 N–H and O–H groups in total. The molecule has 0 aliphatic rings. The van der Waals surface area contributed by atoms with Crippen LogP contribution in [0.15, 0.2) is 0 Å². The summed E-state index contributed by atoms with van der Waals surface area (Å²) in [4.78, 5) is 0. The first-order valence-electron chi connectivity index (χ1n) is 4.12. The molecular weight excluding hydrogens is 192 g/mol. The number of hydrogen-bond donors (Lipinski definition) is 7. The Morgan fingerprint density at radius 1 is 1.29 bits per heavy atom. The third kappa shape index (κ3) is 4.29. The summed E-state index contributed by atoms with van der Waals surface area (Å²) in [5.74, 6) is -2.31. The zero-order chi connectivity index (χ0) is 11.4. The van der Waals surface area contributed by atoms with Crippen LogP contribution in [0.4, 0.5) is 0 Å². The predicted octanol–water partition coefficient (Wildman–Crippen LogP) is -3.72. The molecule has 0 aromatic heterocycles. The zero-order valence-corrected chi connectivity index (χ0v) is 8.01. The summed E-state index contributed by atoms with van der Waals surface area (Å²) >= 11 is 0. The van der Waals surface area contributed by atoms with Gasteiger partial charge >= 0.3 is 0 Å². The highest BCUT2D eigenvalue weighted by atomic mass is 16.5. The maximum Gasteiger partial charge on any atom is 0.199 e. The molecule has 86 valence electrons. The molecule has 0 saturated carbocycles. The molecule has 2 atom stereocenters. The maximum atomic E-state index is 9.34. The summed E-state index contributed by atoms with van der Waals surface area (Å²) in [6, 6.07) is 0. The van der Waals surface area contributed by atoms with E-state index in [1.165, 1.54) is 6.92 Å². The Morgan fingerprint density at radius 3 is 2.14 bits per heavy atom. The normalized spacial score (nSPS) is 19.1. The molecule has 2 unspecified atom stereocenters. The van der Waals surface area contributed by atoms with Gasteiger partial charge in [0.15, 0.2) is 5.79 Å². The predicted molar refractivity (Wildman–Crippen MR) is 47.9 cm³/mol. The van der Waals surface area contributed by atoms with Crippen molar-refractivity contribution in [2.75, 3.05) is 19.8 Å². The van der Waals surface area contributed by atoms with Crippen molar-refractivity contribution in [3.8, 4) is 0 Å². The second-order valence-electron chi connectivity index (χ2n) is 3.59. The first kappa shape index (κ1) is 13.7. The molecule has 0 aliphatic heterocycles. The molecule has 14 heavy (non-hydrogen) atoms. The van der Waals surface area contributed by atoms with Gasteiger partial charge in [0.05, 0.1) is 25.3 Å². The second kappa shape index (κ2) is 4.99.